The highest BCUT2D eigenvalue weighted by atomic mass is 32.2. The van der Waals surface area contributed by atoms with Gasteiger partial charge in [0.1, 0.15) is 0 Å². The zero-order valence-corrected chi connectivity index (χ0v) is 17.0. The van der Waals surface area contributed by atoms with E-state index in [0.717, 1.165) is 6.92 Å². The molecule has 1 unspecified atom stereocenters. The Balaban J connectivity index is 2.43. The topological polar surface area (TPSA) is 146 Å². The molecule has 0 aliphatic carbocycles. The second-order valence-electron chi connectivity index (χ2n) is 5.70. The number of carbonyl (C=O) groups is 2. The minimum Gasteiger partial charge on any atom is -0.481 e. The van der Waals surface area contributed by atoms with Gasteiger partial charge in [0.25, 0.3) is 11.6 Å². The van der Waals surface area contributed by atoms with E-state index in [-0.39, 0.29) is 16.7 Å². The number of rotatable bonds is 9. The Hall–Kier alpha value is -3.32. The molecule has 1 aromatic heterocycles. The Morgan fingerprint density at radius 3 is 2.13 bits per heavy atom. The van der Waals surface area contributed by atoms with E-state index in [2.05, 4.69) is 15.3 Å². The van der Waals surface area contributed by atoms with Crippen molar-refractivity contribution in [3.63, 3.8) is 0 Å². The van der Waals surface area contributed by atoms with Crippen LogP contribution in [0.5, 0.6) is 11.8 Å². The second-order valence-corrected chi connectivity index (χ2v) is 7.39. The molecule has 0 bridgehead atoms. The van der Waals surface area contributed by atoms with E-state index >= 15 is 0 Å². The molecule has 0 saturated heterocycles. The molecule has 0 saturated carbocycles. The minimum atomic E-state index is -4.46. The Bertz CT molecular complexity index is 998. The van der Waals surface area contributed by atoms with Crippen molar-refractivity contribution in [3.8, 4) is 11.8 Å². The maximum atomic E-state index is 14.0. The highest BCUT2D eigenvalue weighted by Crippen LogP contribution is 2.21. The van der Waals surface area contributed by atoms with Crippen molar-refractivity contribution in [2.75, 3.05) is 26.2 Å². The Kier molecular flexibility index (Phi) is 7.24. The number of ether oxygens (including phenoxy) is 3. The third kappa shape index (κ3) is 5.39. The number of sulfonamides is 1. The molecule has 2 N–H and O–H groups in total. The van der Waals surface area contributed by atoms with E-state index in [9.17, 15) is 22.4 Å². The third-order valence-electron chi connectivity index (χ3n) is 3.55. The monoisotopic (exact) mass is 442 g/mol. The summed E-state index contributed by atoms with van der Waals surface area (Å²) in [5.74, 6) is -2.89. The van der Waals surface area contributed by atoms with Crippen LogP contribution in [0.2, 0.25) is 0 Å². The first-order valence-corrected chi connectivity index (χ1v) is 9.77. The zero-order valence-electron chi connectivity index (χ0n) is 16.2. The van der Waals surface area contributed by atoms with Crippen LogP contribution in [-0.4, -0.2) is 56.9 Å². The van der Waals surface area contributed by atoms with Crippen LogP contribution in [0.25, 0.3) is 0 Å². The van der Waals surface area contributed by atoms with Gasteiger partial charge in [0.15, 0.2) is 6.67 Å². The lowest BCUT2D eigenvalue weighted by Gasteiger charge is -2.29. The van der Waals surface area contributed by atoms with Gasteiger partial charge in [0.2, 0.25) is 27.7 Å². The molecule has 0 spiro atoms. The first-order valence-electron chi connectivity index (χ1n) is 8.29. The molecule has 0 aliphatic heterocycles. The van der Waals surface area contributed by atoms with Crippen molar-refractivity contribution >= 4 is 27.8 Å². The van der Waals surface area contributed by atoms with Gasteiger partial charge in [-0.2, -0.15) is 14.7 Å². The summed E-state index contributed by atoms with van der Waals surface area (Å²) in [4.78, 5) is 31.7. The van der Waals surface area contributed by atoms with Crippen LogP contribution in [0.3, 0.4) is 0 Å². The van der Waals surface area contributed by atoms with E-state index < -0.39 is 40.2 Å². The number of anilines is 1. The highest BCUT2D eigenvalue weighted by molar-refractivity contribution is 7.89. The molecule has 11 nitrogen and oxygen atoms in total. The number of alkyl halides is 1. The summed E-state index contributed by atoms with van der Waals surface area (Å²) in [6.45, 7) is -0.828. The molecule has 1 amide bonds. The van der Waals surface area contributed by atoms with Gasteiger partial charge in [0, 0.05) is 6.92 Å². The molecule has 2 aromatic rings. The quantitative estimate of drug-likeness (QED) is 0.422. The SMILES string of the molecule is COc1cc(OC)nc(NC(=O)C(CF)(NS(=O)(=O)c2ccccc2)OC(C)=O)n1. The number of hydrogen-bond acceptors (Lipinski definition) is 9. The van der Waals surface area contributed by atoms with Gasteiger partial charge >= 0.3 is 5.97 Å². The van der Waals surface area contributed by atoms with Crippen molar-refractivity contribution in [1.29, 1.82) is 0 Å². The number of amides is 1. The Labute approximate surface area is 171 Å². The number of carbonyl (C=O) groups excluding carboxylic acids is 2. The van der Waals surface area contributed by atoms with Gasteiger partial charge in [-0.3, -0.25) is 14.9 Å². The lowest BCUT2D eigenvalue weighted by atomic mass is 10.2. The van der Waals surface area contributed by atoms with Crippen LogP contribution in [0, 0.1) is 0 Å². The number of nitrogens with one attached hydrogen (secondary N) is 2. The summed E-state index contributed by atoms with van der Waals surface area (Å²) in [5.41, 5.74) is -2.92. The largest absolute Gasteiger partial charge is 0.481 e. The molecule has 1 atom stereocenters. The molecule has 30 heavy (non-hydrogen) atoms. The summed E-state index contributed by atoms with van der Waals surface area (Å²) in [6.07, 6.45) is 0. The summed E-state index contributed by atoms with van der Waals surface area (Å²) in [5, 5.41) is 2.10. The number of nitrogens with zero attached hydrogens (tertiary/aromatic N) is 2. The van der Waals surface area contributed by atoms with Crippen molar-refractivity contribution in [2.24, 2.45) is 0 Å². The second kappa shape index (κ2) is 9.45. The van der Waals surface area contributed by atoms with E-state index in [1.54, 1.807) is 10.8 Å². The number of halogens is 1. The lowest BCUT2D eigenvalue weighted by Crippen LogP contribution is -2.61. The fraction of sp³-hybridized carbons (Fsp3) is 0.294. The Morgan fingerprint density at radius 1 is 1.10 bits per heavy atom. The van der Waals surface area contributed by atoms with Crippen LogP contribution in [0.4, 0.5) is 10.3 Å². The molecule has 1 heterocycles. The van der Waals surface area contributed by atoms with Crippen molar-refractivity contribution < 1.29 is 36.6 Å². The van der Waals surface area contributed by atoms with Crippen LogP contribution in [-0.2, 0) is 24.3 Å². The lowest BCUT2D eigenvalue weighted by molar-refractivity contribution is -0.167. The van der Waals surface area contributed by atoms with Gasteiger partial charge in [-0.15, -0.1) is 0 Å². The molecule has 0 radical (unpaired) electrons. The molecule has 13 heteroatoms. The molecule has 0 fully saturated rings. The summed E-state index contributed by atoms with van der Waals surface area (Å²) >= 11 is 0. The molecule has 162 valence electrons. The van der Waals surface area contributed by atoms with Crippen molar-refractivity contribution in [2.45, 2.75) is 17.5 Å². The standard InChI is InChI=1S/C17H19FN4O7S/c1-11(23)29-17(10-18,22-30(25,26)12-7-5-4-6-8-12)15(24)21-16-19-13(27-2)9-14(20-16)28-3/h4-9,22H,10H2,1-3H3,(H,19,20,21,24). The van der Waals surface area contributed by atoms with Crippen LogP contribution < -0.4 is 19.5 Å². The van der Waals surface area contributed by atoms with Gasteiger partial charge < -0.3 is 14.2 Å². The average molecular weight is 442 g/mol. The molecular formula is C17H19FN4O7S. The predicted molar refractivity (Wildman–Crippen MR) is 101 cm³/mol. The molecular weight excluding hydrogens is 423 g/mol. The Morgan fingerprint density at radius 2 is 1.67 bits per heavy atom. The summed E-state index contributed by atoms with van der Waals surface area (Å²) < 4.78 is 55.7. The van der Waals surface area contributed by atoms with Crippen LogP contribution >= 0.6 is 0 Å². The van der Waals surface area contributed by atoms with Gasteiger partial charge in [-0.05, 0) is 12.1 Å². The number of hydrogen-bond donors (Lipinski definition) is 2. The summed E-state index contributed by atoms with van der Waals surface area (Å²) in [6, 6.07) is 8.15. The average Bonchev–Trinajstić information content (AvgIpc) is 2.72. The maximum Gasteiger partial charge on any atom is 0.304 e. The fourth-order valence-electron chi connectivity index (χ4n) is 2.22. The normalized spacial score (nSPS) is 13.1. The smallest absolute Gasteiger partial charge is 0.304 e. The van der Waals surface area contributed by atoms with Gasteiger partial charge in [-0.1, -0.05) is 18.2 Å². The third-order valence-corrected chi connectivity index (χ3v) is 5.04. The fourth-order valence-corrected chi connectivity index (χ4v) is 3.48. The van der Waals surface area contributed by atoms with E-state index in [1.165, 1.54) is 44.6 Å². The minimum absolute atomic E-state index is 0.000325. The number of esters is 1. The number of benzene rings is 1. The zero-order chi connectivity index (χ0) is 22.4. The predicted octanol–water partition coefficient (Wildman–Crippen LogP) is 0.640. The van der Waals surface area contributed by atoms with E-state index in [0.29, 0.717) is 0 Å². The number of aromatic nitrogens is 2. The molecule has 0 aliphatic rings. The van der Waals surface area contributed by atoms with Gasteiger partial charge in [-0.25, -0.2) is 12.8 Å². The van der Waals surface area contributed by atoms with E-state index in [4.69, 9.17) is 14.2 Å². The number of methoxy groups -OCH3 is 2. The first-order chi connectivity index (χ1) is 14.2. The van der Waals surface area contributed by atoms with Crippen LogP contribution in [0.1, 0.15) is 6.92 Å². The van der Waals surface area contributed by atoms with Crippen molar-refractivity contribution in [3.05, 3.63) is 36.4 Å². The molecule has 1 aromatic carbocycles. The molecule has 2 rings (SSSR count). The summed E-state index contributed by atoms with van der Waals surface area (Å²) in [7, 11) is -1.86. The maximum absolute atomic E-state index is 14.0. The van der Waals surface area contributed by atoms with Gasteiger partial charge in [0.05, 0.1) is 25.2 Å². The van der Waals surface area contributed by atoms with Crippen molar-refractivity contribution in [1.82, 2.24) is 14.7 Å². The van der Waals surface area contributed by atoms with E-state index in [1.807, 2.05) is 0 Å². The van der Waals surface area contributed by atoms with Crippen LogP contribution in [0.15, 0.2) is 41.3 Å². The first kappa shape index (κ1) is 23.0. The highest BCUT2D eigenvalue weighted by Gasteiger charge is 2.47.